The maximum atomic E-state index is 12.5. The van der Waals surface area contributed by atoms with Crippen LogP contribution in [-0.2, 0) is 9.59 Å². The summed E-state index contributed by atoms with van der Waals surface area (Å²) in [7, 11) is 0. The van der Waals surface area contributed by atoms with Gasteiger partial charge in [0.05, 0.1) is 25.2 Å². The van der Waals surface area contributed by atoms with Gasteiger partial charge in [-0.3, -0.25) is 14.6 Å². The van der Waals surface area contributed by atoms with Gasteiger partial charge in [0.15, 0.2) is 0 Å². The van der Waals surface area contributed by atoms with E-state index in [0.717, 1.165) is 16.7 Å². The van der Waals surface area contributed by atoms with Crippen molar-refractivity contribution in [3.63, 3.8) is 0 Å². The first-order chi connectivity index (χ1) is 14.1. The number of aromatic nitrogens is 1. The summed E-state index contributed by atoms with van der Waals surface area (Å²) in [6, 6.07) is 11.3. The fourth-order valence-corrected chi connectivity index (χ4v) is 4.28. The topological polar surface area (TPSA) is 73.7 Å². The zero-order valence-corrected chi connectivity index (χ0v) is 16.3. The molecule has 1 aromatic heterocycles. The lowest BCUT2D eigenvalue weighted by molar-refractivity contribution is -0.166. The van der Waals surface area contributed by atoms with Gasteiger partial charge in [0.1, 0.15) is 0 Å². The molecule has 29 heavy (non-hydrogen) atoms. The van der Waals surface area contributed by atoms with Crippen molar-refractivity contribution in [1.29, 1.82) is 0 Å². The third kappa shape index (κ3) is 3.62. The molecule has 2 aromatic rings. The van der Waals surface area contributed by atoms with Crippen LogP contribution in [0, 0.1) is 11.8 Å². The van der Waals surface area contributed by atoms with E-state index in [4.69, 9.17) is 0 Å². The second-order valence-corrected chi connectivity index (χ2v) is 7.39. The van der Waals surface area contributed by atoms with Crippen LogP contribution in [0.2, 0.25) is 0 Å². The molecule has 0 saturated carbocycles. The number of rotatable bonds is 3. The predicted octanol–water partition coefficient (Wildman–Crippen LogP) is 1.39. The summed E-state index contributed by atoms with van der Waals surface area (Å²) in [6.45, 7) is 2.34. The highest BCUT2D eigenvalue weighted by atomic mass is 16.3. The van der Waals surface area contributed by atoms with E-state index in [1.165, 1.54) is 0 Å². The molecule has 2 fully saturated rings. The third-order valence-corrected chi connectivity index (χ3v) is 5.72. The average Bonchev–Trinajstić information content (AvgIpc) is 2.74. The van der Waals surface area contributed by atoms with E-state index < -0.39 is 0 Å². The van der Waals surface area contributed by atoms with Gasteiger partial charge in [-0.25, -0.2) is 0 Å². The van der Waals surface area contributed by atoms with E-state index >= 15 is 0 Å². The Hall–Kier alpha value is -3.17. The lowest BCUT2D eigenvalue weighted by Crippen LogP contribution is -2.73. The van der Waals surface area contributed by atoms with E-state index in [-0.39, 0.29) is 43.0 Å². The van der Waals surface area contributed by atoms with Crippen molar-refractivity contribution < 1.29 is 14.7 Å². The summed E-state index contributed by atoms with van der Waals surface area (Å²) in [4.78, 5) is 32.0. The van der Waals surface area contributed by atoms with E-state index in [1.807, 2.05) is 36.4 Å². The molecule has 3 atom stereocenters. The highest BCUT2D eigenvalue weighted by molar-refractivity contribution is 5.87. The average molecular weight is 389 g/mol. The number of hydrogen-bond donors (Lipinski definition) is 1. The molecule has 3 heterocycles. The van der Waals surface area contributed by atoms with Gasteiger partial charge in [0.25, 0.3) is 0 Å². The van der Waals surface area contributed by atoms with Crippen molar-refractivity contribution >= 4 is 11.8 Å². The van der Waals surface area contributed by atoms with Crippen LogP contribution in [0.4, 0.5) is 0 Å². The maximum Gasteiger partial charge on any atom is 0.242 e. The van der Waals surface area contributed by atoms with Crippen LogP contribution in [0.3, 0.4) is 0 Å². The molecule has 2 aliphatic heterocycles. The summed E-state index contributed by atoms with van der Waals surface area (Å²) < 4.78 is 0. The fourth-order valence-electron chi connectivity index (χ4n) is 4.28. The van der Waals surface area contributed by atoms with Crippen LogP contribution >= 0.6 is 0 Å². The number of carbonyl (C=O) groups is 2. The number of fused-ring (bicyclic) bond motifs is 1. The molecule has 0 spiro atoms. The Balaban J connectivity index is 1.53. The van der Waals surface area contributed by atoms with Crippen molar-refractivity contribution in [1.82, 2.24) is 14.8 Å². The van der Waals surface area contributed by atoms with Crippen LogP contribution in [0.1, 0.15) is 36.0 Å². The van der Waals surface area contributed by atoms with E-state index in [1.54, 1.807) is 29.1 Å². The predicted molar refractivity (Wildman–Crippen MR) is 108 cm³/mol. The number of amides is 2. The van der Waals surface area contributed by atoms with Gasteiger partial charge < -0.3 is 14.9 Å². The molecular weight excluding hydrogens is 366 g/mol. The van der Waals surface area contributed by atoms with E-state index in [9.17, 15) is 14.7 Å². The zero-order chi connectivity index (χ0) is 20.4. The molecule has 148 valence electrons. The number of aliphatic hydroxyl groups is 1. The van der Waals surface area contributed by atoms with Crippen LogP contribution in [0.25, 0.3) is 0 Å². The molecule has 0 bridgehead atoms. The number of benzene rings is 1. The molecule has 1 N–H and O–H groups in total. The maximum absolute atomic E-state index is 12.5. The molecule has 4 rings (SSSR count). The molecule has 2 aliphatic rings. The number of pyridine rings is 1. The van der Waals surface area contributed by atoms with Crippen LogP contribution in [0.15, 0.2) is 48.8 Å². The third-order valence-electron chi connectivity index (χ3n) is 5.72. The summed E-state index contributed by atoms with van der Waals surface area (Å²) in [6.07, 6.45) is 3.82. The fraction of sp³-hybridized carbons (Fsp3) is 0.348. The van der Waals surface area contributed by atoms with E-state index in [2.05, 4.69) is 16.8 Å². The number of hydrogen-bond acceptors (Lipinski definition) is 4. The minimum atomic E-state index is -0.237. The highest BCUT2D eigenvalue weighted by Gasteiger charge is 2.54. The van der Waals surface area contributed by atoms with Crippen LogP contribution in [0.5, 0.6) is 0 Å². The van der Waals surface area contributed by atoms with Crippen molar-refractivity contribution in [3.05, 3.63) is 65.5 Å². The Morgan fingerprint density at radius 1 is 1.21 bits per heavy atom. The molecule has 0 radical (unpaired) electrons. The number of carbonyl (C=O) groups excluding carboxylic acids is 2. The normalized spacial score (nSPS) is 23.0. The number of piperazine rings is 1. The van der Waals surface area contributed by atoms with Gasteiger partial charge in [-0.2, -0.15) is 0 Å². The van der Waals surface area contributed by atoms with Gasteiger partial charge >= 0.3 is 0 Å². The molecule has 2 amide bonds. The molecule has 6 heteroatoms. The summed E-state index contributed by atoms with van der Waals surface area (Å²) in [5, 5.41) is 9.86. The summed E-state index contributed by atoms with van der Waals surface area (Å²) in [5.74, 6) is 6.12. The van der Waals surface area contributed by atoms with Gasteiger partial charge in [0, 0.05) is 42.4 Å². The largest absolute Gasteiger partial charge is 0.394 e. The second-order valence-electron chi connectivity index (χ2n) is 7.39. The Kier molecular flexibility index (Phi) is 5.32. The van der Waals surface area contributed by atoms with E-state index in [0.29, 0.717) is 13.0 Å². The van der Waals surface area contributed by atoms with Crippen LogP contribution < -0.4 is 0 Å². The van der Waals surface area contributed by atoms with Crippen molar-refractivity contribution in [2.75, 3.05) is 19.7 Å². The Morgan fingerprint density at radius 2 is 1.97 bits per heavy atom. The van der Waals surface area contributed by atoms with Gasteiger partial charge in [-0.15, -0.1) is 0 Å². The highest BCUT2D eigenvalue weighted by Crippen LogP contribution is 2.42. The van der Waals surface area contributed by atoms with Crippen molar-refractivity contribution in [2.45, 2.75) is 31.3 Å². The molecule has 0 unspecified atom stereocenters. The van der Waals surface area contributed by atoms with Crippen molar-refractivity contribution in [3.8, 4) is 11.8 Å². The summed E-state index contributed by atoms with van der Waals surface area (Å²) in [5.41, 5.74) is 2.79. The Labute approximate surface area is 170 Å². The first-order valence-corrected chi connectivity index (χ1v) is 9.84. The standard InChI is InChI=1S/C23H23N3O3/c1-2-21(28)25-13-19-23(20(15-27)26(19)22(29)14-25)18-9-7-16(8-10-18)5-6-17-4-3-11-24-12-17/h3-4,7-12,19-20,23,27H,2,13-15H2,1H3/t19-,20+,23+/m0/s1. The van der Waals surface area contributed by atoms with Gasteiger partial charge in [-0.1, -0.05) is 30.9 Å². The SMILES string of the molecule is CCC(=O)N1CC(=O)N2[C@H](CO)[C@H](c3ccc(C#Cc4cccnc4)cc3)[C@@H]2C1. The molecule has 1 aromatic carbocycles. The first-order valence-electron chi connectivity index (χ1n) is 9.84. The lowest BCUT2D eigenvalue weighted by Gasteiger charge is -2.58. The minimum absolute atomic E-state index is 0.00905. The smallest absolute Gasteiger partial charge is 0.242 e. The monoisotopic (exact) mass is 389 g/mol. The zero-order valence-electron chi connectivity index (χ0n) is 16.3. The minimum Gasteiger partial charge on any atom is -0.394 e. The Morgan fingerprint density at radius 3 is 2.62 bits per heavy atom. The van der Waals surface area contributed by atoms with Crippen LogP contribution in [-0.4, -0.2) is 63.5 Å². The molecular formula is C23H23N3O3. The second kappa shape index (κ2) is 8.06. The van der Waals surface area contributed by atoms with Gasteiger partial charge in [0.2, 0.25) is 11.8 Å². The lowest BCUT2D eigenvalue weighted by atomic mass is 9.73. The first kappa shape index (κ1) is 19.2. The quantitative estimate of drug-likeness (QED) is 0.805. The van der Waals surface area contributed by atoms with Crippen molar-refractivity contribution in [2.24, 2.45) is 0 Å². The van der Waals surface area contributed by atoms with Gasteiger partial charge in [-0.05, 0) is 29.8 Å². The Bertz CT molecular complexity index is 962. The molecule has 6 nitrogen and oxygen atoms in total. The molecule has 0 aliphatic carbocycles. The summed E-state index contributed by atoms with van der Waals surface area (Å²) >= 11 is 0. The number of aliphatic hydroxyl groups excluding tert-OH is 1. The molecule has 2 saturated heterocycles. The number of nitrogens with zero attached hydrogens (tertiary/aromatic N) is 3.